The summed E-state index contributed by atoms with van der Waals surface area (Å²) in [5.41, 5.74) is 0.448. The van der Waals surface area contributed by atoms with Crippen molar-refractivity contribution in [1.82, 2.24) is 10.2 Å². The number of carbonyl (C=O) groups excluding carboxylic acids is 3. The maximum absolute atomic E-state index is 12.7. The van der Waals surface area contributed by atoms with Gasteiger partial charge in [-0.25, -0.2) is 4.79 Å². The molecule has 0 radical (unpaired) electrons. The van der Waals surface area contributed by atoms with E-state index >= 15 is 0 Å². The summed E-state index contributed by atoms with van der Waals surface area (Å²) in [5, 5.41) is 2.65. The van der Waals surface area contributed by atoms with Gasteiger partial charge < -0.3 is 19.7 Å². The number of nitrogens with one attached hydrogen (secondary N) is 1. The van der Waals surface area contributed by atoms with Gasteiger partial charge in [-0.15, -0.1) is 0 Å². The van der Waals surface area contributed by atoms with E-state index in [4.69, 9.17) is 4.74 Å². The lowest BCUT2D eigenvalue weighted by atomic mass is 9.87. The third kappa shape index (κ3) is 6.12. The van der Waals surface area contributed by atoms with Gasteiger partial charge >= 0.3 is 5.97 Å². The van der Waals surface area contributed by atoms with Crippen LogP contribution in [0, 0.1) is 5.92 Å². The molecule has 2 aliphatic rings. The van der Waals surface area contributed by atoms with Gasteiger partial charge in [-0.05, 0) is 25.7 Å². The Morgan fingerprint density at radius 3 is 2.46 bits per heavy atom. The summed E-state index contributed by atoms with van der Waals surface area (Å²) in [5.74, 6) is -0.628. The van der Waals surface area contributed by atoms with Crippen molar-refractivity contribution in [2.45, 2.75) is 51.5 Å². The van der Waals surface area contributed by atoms with Crippen molar-refractivity contribution >= 4 is 17.8 Å². The van der Waals surface area contributed by atoms with Crippen LogP contribution in [0.4, 0.5) is 0 Å². The van der Waals surface area contributed by atoms with Crippen molar-refractivity contribution in [3.63, 3.8) is 0 Å². The molecular formula is C19H30N2O5. The molecule has 0 aromatic heterocycles. The molecule has 2 rings (SSSR count). The lowest BCUT2D eigenvalue weighted by Crippen LogP contribution is -2.43. The number of carbonyl (C=O) groups is 3. The van der Waals surface area contributed by atoms with E-state index in [0.29, 0.717) is 37.8 Å². The Hall–Kier alpha value is -1.89. The Bertz CT molecular complexity index is 534. The van der Waals surface area contributed by atoms with E-state index in [0.717, 1.165) is 25.7 Å². The number of morpholine rings is 1. The molecule has 7 nitrogen and oxygen atoms in total. The minimum Gasteiger partial charge on any atom is -0.467 e. The molecule has 1 atom stereocenters. The zero-order valence-electron chi connectivity index (χ0n) is 15.8. The maximum atomic E-state index is 12.7. The maximum Gasteiger partial charge on any atom is 0.328 e. The van der Waals surface area contributed by atoms with Crippen LogP contribution >= 0.6 is 0 Å². The zero-order chi connectivity index (χ0) is 18.9. The molecule has 1 aliphatic carbocycles. The molecule has 146 valence electrons. The highest BCUT2D eigenvalue weighted by Gasteiger charge is 2.25. The molecule has 2 amide bonds. The highest BCUT2D eigenvalue weighted by molar-refractivity contribution is 6.00. The largest absolute Gasteiger partial charge is 0.467 e. The van der Waals surface area contributed by atoms with E-state index < -0.39 is 12.0 Å². The Morgan fingerprint density at radius 1 is 1.19 bits per heavy atom. The number of nitrogens with zero attached hydrogens (tertiary/aromatic N) is 1. The Kier molecular flexibility index (Phi) is 8.09. The van der Waals surface area contributed by atoms with Gasteiger partial charge in [0.15, 0.2) is 0 Å². The van der Waals surface area contributed by atoms with Gasteiger partial charge in [0.2, 0.25) is 11.8 Å². The highest BCUT2D eigenvalue weighted by Crippen LogP contribution is 2.26. The van der Waals surface area contributed by atoms with Gasteiger partial charge in [0.1, 0.15) is 6.04 Å². The molecule has 0 aromatic rings. The first-order valence-electron chi connectivity index (χ1n) is 9.46. The fraction of sp³-hybridized carbons (Fsp3) is 0.737. The summed E-state index contributed by atoms with van der Waals surface area (Å²) in [7, 11) is 1.28. The molecular weight excluding hydrogens is 336 g/mol. The predicted molar refractivity (Wildman–Crippen MR) is 96.3 cm³/mol. The van der Waals surface area contributed by atoms with Crippen molar-refractivity contribution in [3.05, 3.63) is 11.6 Å². The number of amides is 2. The Labute approximate surface area is 155 Å². The summed E-state index contributed by atoms with van der Waals surface area (Å²) >= 11 is 0. The van der Waals surface area contributed by atoms with Crippen LogP contribution in [0.2, 0.25) is 0 Å². The van der Waals surface area contributed by atoms with Crippen LogP contribution in [0.3, 0.4) is 0 Å². The minimum atomic E-state index is -0.749. The second-order valence-corrected chi connectivity index (χ2v) is 6.98. The van der Waals surface area contributed by atoms with Gasteiger partial charge in [-0.2, -0.15) is 0 Å². The van der Waals surface area contributed by atoms with Gasteiger partial charge in [0.05, 0.1) is 26.7 Å². The highest BCUT2D eigenvalue weighted by atomic mass is 16.5. The predicted octanol–water partition coefficient (Wildman–Crippen LogP) is 1.42. The smallest absolute Gasteiger partial charge is 0.328 e. The molecule has 2 fully saturated rings. The number of methoxy groups -OCH3 is 1. The van der Waals surface area contributed by atoms with E-state index in [1.807, 2.05) is 6.08 Å². The normalized spacial score (nSPS) is 20.4. The quantitative estimate of drug-likeness (QED) is 0.568. The van der Waals surface area contributed by atoms with Crippen molar-refractivity contribution in [1.29, 1.82) is 0 Å². The van der Waals surface area contributed by atoms with Gasteiger partial charge in [-0.1, -0.05) is 25.3 Å². The van der Waals surface area contributed by atoms with E-state index in [1.54, 1.807) is 11.8 Å². The number of esters is 1. The van der Waals surface area contributed by atoms with Gasteiger partial charge in [-0.3, -0.25) is 9.59 Å². The fourth-order valence-electron chi connectivity index (χ4n) is 3.41. The second-order valence-electron chi connectivity index (χ2n) is 6.98. The molecule has 1 saturated heterocycles. The summed E-state index contributed by atoms with van der Waals surface area (Å²) in [6.07, 6.45) is 7.58. The molecule has 0 bridgehead atoms. The number of ether oxygens (including phenoxy) is 2. The average molecular weight is 366 g/mol. The van der Waals surface area contributed by atoms with Crippen LogP contribution < -0.4 is 5.32 Å². The van der Waals surface area contributed by atoms with Crippen molar-refractivity contribution < 1.29 is 23.9 Å². The number of hydrogen-bond acceptors (Lipinski definition) is 5. The third-order valence-electron chi connectivity index (χ3n) is 4.99. The molecule has 1 heterocycles. The second kappa shape index (κ2) is 10.3. The molecule has 26 heavy (non-hydrogen) atoms. The van der Waals surface area contributed by atoms with E-state index in [1.165, 1.54) is 13.5 Å². The van der Waals surface area contributed by atoms with Crippen LogP contribution in [-0.2, 0) is 23.9 Å². The van der Waals surface area contributed by atoms with E-state index in [-0.39, 0.29) is 18.2 Å². The standard InChI is InChI=1S/C19H30N2O5/c1-14(19(24)25-2)20-18(23)16(12-15-6-4-3-5-7-15)13-17(22)21-8-10-26-11-9-21/h12,14-15H,3-11,13H2,1-2H3,(H,20,23)/b16-12-/t14-/m0/s1. The summed E-state index contributed by atoms with van der Waals surface area (Å²) in [4.78, 5) is 38.6. The SMILES string of the molecule is COC(=O)[C@H](C)NC(=O)/C(=C\C1CCCCC1)CC(=O)N1CCOCC1. The van der Waals surface area contributed by atoms with Crippen LogP contribution in [0.5, 0.6) is 0 Å². The number of hydrogen-bond donors (Lipinski definition) is 1. The number of rotatable bonds is 6. The van der Waals surface area contributed by atoms with Gasteiger partial charge in [0, 0.05) is 18.7 Å². The molecule has 1 N–H and O–H groups in total. The first-order chi connectivity index (χ1) is 12.5. The molecule has 0 aromatic carbocycles. The summed E-state index contributed by atoms with van der Waals surface area (Å²) in [6.45, 7) is 3.73. The minimum absolute atomic E-state index is 0.0518. The van der Waals surface area contributed by atoms with Crippen LogP contribution in [0.1, 0.15) is 45.4 Å². The first kappa shape index (κ1) is 20.4. The summed E-state index contributed by atoms with van der Waals surface area (Å²) in [6, 6.07) is -0.749. The molecule has 0 spiro atoms. The van der Waals surface area contributed by atoms with Crippen molar-refractivity contribution in [2.24, 2.45) is 5.92 Å². The molecule has 1 aliphatic heterocycles. The number of allylic oxidation sites excluding steroid dienone is 1. The topological polar surface area (TPSA) is 84.9 Å². The molecule has 0 unspecified atom stereocenters. The average Bonchev–Trinajstić information content (AvgIpc) is 2.68. The lowest BCUT2D eigenvalue weighted by Gasteiger charge is -2.27. The lowest BCUT2D eigenvalue weighted by molar-refractivity contribution is -0.144. The fourth-order valence-corrected chi connectivity index (χ4v) is 3.41. The monoisotopic (exact) mass is 366 g/mol. The van der Waals surface area contributed by atoms with Crippen LogP contribution in [-0.4, -0.2) is 62.1 Å². The van der Waals surface area contributed by atoms with Gasteiger partial charge in [0.25, 0.3) is 0 Å². The Morgan fingerprint density at radius 2 is 1.85 bits per heavy atom. The van der Waals surface area contributed by atoms with Crippen LogP contribution in [0.25, 0.3) is 0 Å². The first-order valence-corrected chi connectivity index (χ1v) is 9.46. The zero-order valence-corrected chi connectivity index (χ0v) is 15.8. The van der Waals surface area contributed by atoms with Crippen molar-refractivity contribution in [3.8, 4) is 0 Å². The Balaban J connectivity index is 2.07. The van der Waals surface area contributed by atoms with E-state index in [2.05, 4.69) is 10.1 Å². The summed E-state index contributed by atoms with van der Waals surface area (Å²) < 4.78 is 9.93. The molecule has 7 heteroatoms. The van der Waals surface area contributed by atoms with E-state index in [9.17, 15) is 14.4 Å². The third-order valence-corrected chi connectivity index (χ3v) is 4.99. The molecule has 1 saturated carbocycles. The van der Waals surface area contributed by atoms with Crippen molar-refractivity contribution in [2.75, 3.05) is 33.4 Å². The van der Waals surface area contributed by atoms with Crippen LogP contribution in [0.15, 0.2) is 11.6 Å².